The van der Waals surface area contributed by atoms with E-state index in [1.807, 2.05) is 12.3 Å². The van der Waals surface area contributed by atoms with Gasteiger partial charge in [-0.1, -0.05) is 0 Å². The van der Waals surface area contributed by atoms with Crippen LogP contribution in [0, 0.1) is 0 Å². The van der Waals surface area contributed by atoms with Gasteiger partial charge >= 0.3 is 0 Å². The molecular weight excluding hydrogens is 256 g/mol. The first-order chi connectivity index (χ1) is 7.25. The molecule has 2 unspecified atom stereocenters. The van der Waals surface area contributed by atoms with Crippen molar-refractivity contribution in [1.29, 1.82) is 0 Å². The summed E-state index contributed by atoms with van der Waals surface area (Å²) >= 11 is 3.38. The Bertz CT molecular complexity index is 332. The molecule has 0 spiro atoms. The van der Waals surface area contributed by atoms with Gasteiger partial charge in [0.1, 0.15) is 0 Å². The Balaban J connectivity index is 1.87. The molecule has 0 saturated heterocycles. The van der Waals surface area contributed by atoms with Crippen LogP contribution in [0.15, 0.2) is 22.9 Å². The molecule has 4 heteroatoms. The standard InChI is InChI=1S/C11H15BrN2O/c12-9-4-8(5-14-6-9)7-15-11-3-1-2-10(11)13/h4-6,10-11H,1-3,7,13H2. The predicted octanol–water partition coefficient (Wildman–Crippen LogP) is 2.24. The lowest BCUT2D eigenvalue weighted by molar-refractivity contribution is 0.0356. The molecule has 2 rings (SSSR count). The molecule has 1 aliphatic carbocycles. The highest BCUT2D eigenvalue weighted by Gasteiger charge is 2.24. The van der Waals surface area contributed by atoms with Crippen LogP contribution in [0.1, 0.15) is 24.8 Å². The number of ether oxygens (including phenoxy) is 1. The van der Waals surface area contributed by atoms with Crippen LogP contribution in [-0.2, 0) is 11.3 Å². The van der Waals surface area contributed by atoms with Gasteiger partial charge in [-0.15, -0.1) is 0 Å². The molecule has 1 saturated carbocycles. The first-order valence-electron chi connectivity index (χ1n) is 5.22. The molecule has 0 aromatic carbocycles. The molecule has 1 heterocycles. The maximum atomic E-state index is 5.92. The highest BCUT2D eigenvalue weighted by molar-refractivity contribution is 9.10. The fourth-order valence-electron chi connectivity index (χ4n) is 1.90. The molecule has 2 atom stereocenters. The number of hydrogen-bond donors (Lipinski definition) is 1. The van der Waals surface area contributed by atoms with E-state index < -0.39 is 0 Å². The van der Waals surface area contributed by atoms with E-state index in [1.54, 1.807) is 6.20 Å². The number of pyridine rings is 1. The Morgan fingerprint density at radius 1 is 1.47 bits per heavy atom. The van der Waals surface area contributed by atoms with Crippen molar-refractivity contribution in [2.75, 3.05) is 0 Å². The lowest BCUT2D eigenvalue weighted by Gasteiger charge is -2.16. The molecule has 1 aromatic heterocycles. The summed E-state index contributed by atoms with van der Waals surface area (Å²) in [4.78, 5) is 4.09. The topological polar surface area (TPSA) is 48.1 Å². The minimum absolute atomic E-state index is 0.213. The third-order valence-corrected chi connectivity index (χ3v) is 3.16. The molecule has 1 fully saturated rings. The van der Waals surface area contributed by atoms with Crippen molar-refractivity contribution < 1.29 is 4.74 Å². The van der Waals surface area contributed by atoms with Crippen molar-refractivity contribution in [3.05, 3.63) is 28.5 Å². The molecule has 2 N–H and O–H groups in total. The summed E-state index contributed by atoms with van der Waals surface area (Å²) in [7, 11) is 0. The SMILES string of the molecule is NC1CCCC1OCc1cncc(Br)c1. The predicted molar refractivity (Wildman–Crippen MR) is 62.3 cm³/mol. The number of rotatable bonds is 3. The lowest BCUT2D eigenvalue weighted by atomic mass is 10.2. The number of aromatic nitrogens is 1. The Morgan fingerprint density at radius 3 is 3.00 bits per heavy atom. The molecule has 0 bridgehead atoms. The smallest absolute Gasteiger partial charge is 0.0736 e. The van der Waals surface area contributed by atoms with Crippen molar-refractivity contribution in [1.82, 2.24) is 4.98 Å². The molecule has 15 heavy (non-hydrogen) atoms. The number of halogens is 1. The second kappa shape index (κ2) is 5.05. The van der Waals surface area contributed by atoms with E-state index in [-0.39, 0.29) is 12.1 Å². The number of nitrogens with two attached hydrogens (primary N) is 1. The fraction of sp³-hybridized carbons (Fsp3) is 0.545. The van der Waals surface area contributed by atoms with Crippen molar-refractivity contribution >= 4 is 15.9 Å². The zero-order valence-electron chi connectivity index (χ0n) is 8.53. The van der Waals surface area contributed by atoms with Crippen molar-refractivity contribution in [2.45, 2.75) is 38.0 Å². The zero-order chi connectivity index (χ0) is 10.7. The van der Waals surface area contributed by atoms with Crippen LogP contribution in [0.3, 0.4) is 0 Å². The minimum Gasteiger partial charge on any atom is -0.372 e. The van der Waals surface area contributed by atoms with Crippen LogP contribution in [0.4, 0.5) is 0 Å². The highest BCUT2D eigenvalue weighted by Crippen LogP contribution is 2.21. The zero-order valence-corrected chi connectivity index (χ0v) is 10.1. The maximum absolute atomic E-state index is 5.92. The van der Waals surface area contributed by atoms with Gasteiger partial charge in [0.05, 0.1) is 12.7 Å². The van der Waals surface area contributed by atoms with Crippen LogP contribution in [0.5, 0.6) is 0 Å². The normalized spacial score (nSPS) is 25.7. The van der Waals surface area contributed by atoms with Crippen LogP contribution in [0.25, 0.3) is 0 Å². The lowest BCUT2D eigenvalue weighted by Crippen LogP contribution is -2.31. The Hall–Kier alpha value is -0.450. The van der Waals surface area contributed by atoms with Gasteiger partial charge < -0.3 is 10.5 Å². The van der Waals surface area contributed by atoms with Gasteiger partial charge in [0.15, 0.2) is 0 Å². The van der Waals surface area contributed by atoms with E-state index in [1.165, 1.54) is 6.42 Å². The minimum atomic E-state index is 0.213. The van der Waals surface area contributed by atoms with Crippen LogP contribution in [0.2, 0.25) is 0 Å². The van der Waals surface area contributed by atoms with Gasteiger partial charge in [-0.3, -0.25) is 4.98 Å². The third-order valence-electron chi connectivity index (χ3n) is 2.73. The summed E-state index contributed by atoms with van der Waals surface area (Å²) in [6, 6.07) is 2.23. The van der Waals surface area contributed by atoms with Crippen molar-refractivity contribution in [3.8, 4) is 0 Å². The fourth-order valence-corrected chi connectivity index (χ4v) is 2.31. The first-order valence-corrected chi connectivity index (χ1v) is 6.01. The van der Waals surface area contributed by atoms with E-state index >= 15 is 0 Å². The molecule has 3 nitrogen and oxygen atoms in total. The monoisotopic (exact) mass is 270 g/mol. The van der Waals surface area contributed by atoms with Gasteiger partial charge in [0, 0.05) is 22.9 Å². The van der Waals surface area contributed by atoms with Gasteiger partial charge in [-0.25, -0.2) is 0 Å². The molecule has 0 aliphatic heterocycles. The van der Waals surface area contributed by atoms with Gasteiger partial charge in [0.25, 0.3) is 0 Å². The molecule has 0 amide bonds. The van der Waals surface area contributed by atoms with E-state index in [0.717, 1.165) is 22.9 Å². The quantitative estimate of drug-likeness (QED) is 0.917. The second-order valence-electron chi connectivity index (χ2n) is 3.96. The van der Waals surface area contributed by atoms with Crippen molar-refractivity contribution in [3.63, 3.8) is 0 Å². The van der Waals surface area contributed by atoms with E-state index in [2.05, 4.69) is 20.9 Å². The van der Waals surface area contributed by atoms with Gasteiger partial charge in [0.2, 0.25) is 0 Å². The van der Waals surface area contributed by atoms with E-state index in [9.17, 15) is 0 Å². The molecule has 82 valence electrons. The molecule has 0 radical (unpaired) electrons. The first kappa shape index (κ1) is 11.0. The summed E-state index contributed by atoms with van der Waals surface area (Å²) in [5, 5.41) is 0. The third kappa shape index (κ3) is 3.00. The summed E-state index contributed by atoms with van der Waals surface area (Å²) < 4.78 is 6.76. The van der Waals surface area contributed by atoms with Crippen molar-refractivity contribution in [2.24, 2.45) is 5.73 Å². The highest BCUT2D eigenvalue weighted by atomic mass is 79.9. The van der Waals surface area contributed by atoms with Gasteiger partial charge in [-0.2, -0.15) is 0 Å². The molecule has 1 aromatic rings. The Morgan fingerprint density at radius 2 is 2.33 bits per heavy atom. The largest absolute Gasteiger partial charge is 0.372 e. The Kier molecular flexibility index (Phi) is 3.72. The summed E-state index contributed by atoms with van der Waals surface area (Å²) in [6.07, 6.45) is 7.17. The van der Waals surface area contributed by atoms with Crippen LogP contribution < -0.4 is 5.73 Å². The second-order valence-corrected chi connectivity index (χ2v) is 4.87. The van der Waals surface area contributed by atoms with Crippen LogP contribution in [-0.4, -0.2) is 17.1 Å². The molecule has 1 aliphatic rings. The van der Waals surface area contributed by atoms with Gasteiger partial charge in [-0.05, 0) is 46.8 Å². The van der Waals surface area contributed by atoms with Crippen LogP contribution >= 0.6 is 15.9 Å². The van der Waals surface area contributed by atoms with E-state index in [0.29, 0.717) is 6.61 Å². The van der Waals surface area contributed by atoms with E-state index in [4.69, 9.17) is 10.5 Å². The maximum Gasteiger partial charge on any atom is 0.0736 e. The summed E-state index contributed by atoms with van der Waals surface area (Å²) in [5.74, 6) is 0. The average molecular weight is 271 g/mol. The average Bonchev–Trinajstić information content (AvgIpc) is 2.61. The number of hydrogen-bond acceptors (Lipinski definition) is 3. The summed E-state index contributed by atoms with van der Waals surface area (Å²) in [5.41, 5.74) is 7.01. The number of nitrogens with zero attached hydrogens (tertiary/aromatic N) is 1. The summed E-state index contributed by atoms with van der Waals surface area (Å²) in [6.45, 7) is 0.602. The molecular formula is C11H15BrN2O. The Labute approximate surface area is 98.2 Å².